The molecule has 3 nitrogen and oxygen atoms in total. The molecule has 1 aliphatic rings. The Kier molecular flexibility index (Phi) is 5.65. The van der Waals surface area contributed by atoms with E-state index in [0.717, 1.165) is 28.2 Å². The molecule has 2 rings (SSSR count). The van der Waals surface area contributed by atoms with Gasteiger partial charge >= 0.3 is 5.97 Å². The molecule has 0 spiro atoms. The Labute approximate surface area is 128 Å². The topological polar surface area (TPSA) is 38.3 Å². The van der Waals surface area contributed by atoms with Crippen molar-refractivity contribution < 1.29 is 9.53 Å². The zero-order chi connectivity index (χ0) is 14.4. The van der Waals surface area contributed by atoms with Crippen molar-refractivity contribution >= 4 is 32.1 Å². The van der Waals surface area contributed by atoms with Crippen LogP contribution in [0.15, 0.2) is 30.3 Å². The molecule has 1 N–H and O–H groups in total. The van der Waals surface area contributed by atoms with E-state index in [1.54, 1.807) is 6.92 Å². The SMILES string of the molecule is CCOC(=O)C=C(Br)c1ccc(NCC2CCC2)cc1. The number of halogens is 1. The Bertz CT molecular complexity index is 478. The zero-order valence-corrected chi connectivity index (χ0v) is 13.3. The lowest BCUT2D eigenvalue weighted by Gasteiger charge is -2.25. The number of benzene rings is 1. The van der Waals surface area contributed by atoms with Gasteiger partial charge in [0.1, 0.15) is 0 Å². The van der Waals surface area contributed by atoms with E-state index in [-0.39, 0.29) is 5.97 Å². The molecule has 4 heteroatoms. The molecule has 0 amide bonds. The molecule has 1 aromatic rings. The van der Waals surface area contributed by atoms with Crippen molar-refractivity contribution in [3.8, 4) is 0 Å². The van der Waals surface area contributed by atoms with E-state index in [2.05, 4.69) is 21.2 Å². The maximum Gasteiger partial charge on any atom is 0.331 e. The van der Waals surface area contributed by atoms with Gasteiger partial charge < -0.3 is 10.1 Å². The van der Waals surface area contributed by atoms with Crippen molar-refractivity contribution in [3.05, 3.63) is 35.9 Å². The second-order valence-electron chi connectivity index (χ2n) is 5.00. The molecule has 20 heavy (non-hydrogen) atoms. The molecule has 0 heterocycles. The highest BCUT2D eigenvalue weighted by Crippen LogP contribution is 2.27. The largest absolute Gasteiger partial charge is 0.463 e. The highest BCUT2D eigenvalue weighted by Gasteiger charge is 2.16. The van der Waals surface area contributed by atoms with Crippen LogP contribution in [-0.4, -0.2) is 19.1 Å². The molecule has 0 atom stereocenters. The van der Waals surface area contributed by atoms with Crippen LogP contribution >= 0.6 is 15.9 Å². The molecule has 1 fully saturated rings. The summed E-state index contributed by atoms with van der Waals surface area (Å²) in [5.41, 5.74) is 2.09. The summed E-state index contributed by atoms with van der Waals surface area (Å²) >= 11 is 3.40. The molecule has 1 saturated carbocycles. The number of esters is 1. The minimum atomic E-state index is -0.327. The van der Waals surface area contributed by atoms with Crippen molar-refractivity contribution in [2.45, 2.75) is 26.2 Å². The van der Waals surface area contributed by atoms with E-state index in [4.69, 9.17) is 4.74 Å². The molecule has 0 radical (unpaired) electrons. The van der Waals surface area contributed by atoms with Gasteiger partial charge in [-0.2, -0.15) is 0 Å². The second kappa shape index (κ2) is 7.48. The first-order valence-electron chi connectivity index (χ1n) is 7.07. The lowest BCUT2D eigenvalue weighted by molar-refractivity contribution is -0.137. The Morgan fingerprint density at radius 2 is 2.10 bits per heavy atom. The van der Waals surface area contributed by atoms with Crippen molar-refractivity contribution in [3.63, 3.8) is 0 Å². The average Bonchev–Trinajstić information content (AvgIpc) is 2.38. The summed E-state index contributed by atoms with van der Waals surface area (Å²) in [5.74, 6) is 0.511. The van der Waals surface area contributed by atoms with Gasteiger partial charge in [0.05, 0.1) is 6.61 Å². The quantitative estimate of drug-likeness (QED) is 0.624. The molecule has 0 aromatic heterocycles. The van der Waals surface area contributed by atoms with Crippen LogP contribution in [0, 0.1) is 5.92 Å². The minimum Gasteiger partial charge on any atom is -0.463 e. The summed E-state index contributed by atoms with van der Waals surface area (Å²) in [6, 6.07) is 8.05. The van der Waals surface area contributed by atoms with Crippen LogP contribution in [0.4, 0.5) is 5.69 Å². The van der Waals surface area contributed by atoms with E-state index in [9.17, 15) is 4.79 Å². The van der Waals surface area contributed by atoms with E-state index < -0.39 is 0 Å². The molecular weight excluding hydrogens is 318 g/mol. The Morgan fingerprint density at radius 3 is 2.65 bits per heavy atom. The summed E-state index contributed by atoms with van der Waals surface area (Å²) in [6.07, 6.45) is 5.52. The molecular formula is C16H20BrNO2. The van der Waals surface area contributed by atoms with Crippen molar-refractivity contribution in [1.82, 2.24) is 0 Å². The maximum absolute atomic E-state index is 11.4. The molecule has 0 saturated heterocycles. The van der Waals surface area contributed by atoms with Crippen LogP contribution in [0.3, 0.4) is 0 Å². The van der Waals surface area contributed by atoms with Gasteiger partial charge in [-0.15, -0.1) is 0 Å². The van der Waals surface area contributed by atoms with Crippen LogP contribution in [0.1, 0.15) is 31.7 Å². The van der Waals surface area contributed by atoms with E-state index >= 15 is 0 Å². The van der Waals surface area contributed by atoms with Crippen LogP contribution in [0.25, 0.3) is 4.48 Å². The zero-order valence-electron chi connectivity index (χ0n) is 11.7. The van der Waals surface area contributed by atoms with Gasteiger partial charge in [0.15, 0.2) is 0 Å². The highest BCUT2D eigenvalue weighted by atomic mass is 79.9. The number of nitrogens with one attached hydrogen (secondary N) is 1. The van der Waals surface area contributed by atoms with Gasteiger partial charge in [-0.1, -0.05) is 18.6 Å². The summed E-state index contributed by atoms with van der Waals surface area (Å²) in [6.45, 7) is 3.24. The molecule has 1 aromatic carbocycles. The smallest absolute Gasteiger partial charge is 0.331 e. The maximum atomic E-state index is 11.4. The number of carbonyl (C=O) groups excluding carboxylic acids is 1. The third-order valence-corrected chi connectivity index (χ3v) is 4.20. The first-order chi connectivity index (χ1) is 9.69. The summed E-state index contributed by atoms with van der Waals surface area (Å²) in [4.78, 5) is 11.4. The number of ether oxygens (including phenoxy) is 1. The minimum absolute atomic E-state index is 0.327. The number of rotatable bonds is 6. The van der Waals surface area contributed by atoms with Crippen LogP contribution < -0.4 is 5.32 Å². The monoisotopic (exact) mass is 337 g/mol. The Morgan fingerprint density at radius 1 is 1.40 bits per heavy atom. The number of anilines is 1. The molecule has 0 bridgehead atoms. The third-order valence-electron chi connectivity index (χ3n) is 3.51. The lowest BCUT2D eigenvalue weighted by Crippen LogP contribution is -2.20. The normalized spacial score (nSPS) is 15.6. The predicted molar refractivity (Wildman–Crippen MR) is 85.8 cm³/mol. The molecule has 108 valence electrons. The fraction of sp³-hybridized carbons (Fsp3) is 0.438. The van der Waals surface area contributed by atoms with Crippen LogP contribution in [0.5, 0.6) is 0 Å². The highest BCUT2D eigenvalue weighted by molar-refractivity contribution is 9.15. The van der Waals surface area contributed by atoms with Gasteiger partial charge in [0.25, 0.3) is 0 Å². The fourth-order valence-corrected chi connectivity index (χ4v) is 2.53. The van der Waals surface area contributed by atoms with E-state index in [1.807, 2.05) is 24.3 Å². The van der Waals surface area contributed by atoms with E-state index in [0.29, 0.717) is 6.61 Å². The Hall–Kier alpha value is -1.29. The van der Waals surface area contributed by atoms with Crippen molar-refractivity contribution in [2.24, 2.45) is 5.92 Å². The predicted octanol–water partition coefficient (Wildman–Crippen LogP) is 4.20. The van der Waals surface area contributed by atoms with E-state index in [1.165, 1.54) is 25.3 Å². The van der Waals surface area contributed by atoms with Crippen molar-refractivity contribution in [1.29, 1.82) is 0 Å². The van der Waals surface area contributed by atoms with Gasteiger partial charge in [-0.05, 0) is 59.3 Å². The summed E-state index contributed by atoms with van der Waals surface area (Å²) < 4.78 is 5.62. The number of hydrogen-bond acceptors (Lipinski definition) is 3. The lowest BCUT2D eigenvalue weighted by atomic mass is 9.85. The van der Waals surface area contributed by atoms with Gasteiger partial charge in [-0.3, -0.25) is 0 Å². The number of hydrogen-bond donors (Lipinski definition) is 1. The molecule has 0 unspecified atom stereocenters. The van der Waals surface area contributed by atoms with Gasteiger partial charge in [-0.25, -0.2) is 4.79 Å². The van der Waals surface area contributed by atoms with Gasteiger partial charge in [0, 0.05) is 22.8 Å². The Balaban J connectivity index is 1.90. The number of carbonyl (C=O) groups is 1. The van der Waals surface area contributed by atoms with Crippen LogP contribution in [-0.2, 0) is 9.53 Å². The van der Waals surface area contributed by atoms with Crippen LogP contribution in [0.2, 0.25) is 0 Å². The third kappa shape index (κ3) is 4.37. The second-order valence-corrected chi connectivity index (χ2v) is 5.85. The molecule has 0 aliphatic heterocycles. The van der Waals surface area contributed by atoms with Crippen molar-refractivity contribution in [2.75, 3.05) is 18.5 Å². The van der Waals surface area contributed by atoms with Gasteiger partial charge in [0.2, 0.25) is 0 Å². The fourth-order valence-electron chi connectivity index (χ4n) is 2.08. The first-order valence-corrected chi connectivity index (χ1v) is 7.86. The standard InChI is InChI=1S/C16H20BrNO2/c1-2-20-16(19)10-15(17)13-6-8-14(9-7-13)18-11-12-4-3-5-12/h6-10,12,18H,2-5,11H2,1H3. The summed E-state index contributed by atoms with van der Waals surface area (Å²) in [7, 11) is 0. The molecule has 1 aliphatic carbocycles. The average molecular weight is 338 g/mol. The first kappa shape index (κ1) is 15.1. The summed E-state index contributed by atoms with van der Waals surface area (Å²) in [5, 5.41) is 3.45.